The Morgan fingerprint density at radius 1 is 1.05 bits per heavy atom. The minimum atomic E-state index is 0.0355. The first-order valence-electron chi connectivity index (χ1n) is 6.56. The van der Waals surface area contributed by atoms with Crippen molar-refractivity contribution in [3.05, 3.63) is 64.7 Å². The summed E-state index contributed by atoms with van der Waals surface area (Å²) in [4.78, 5) is 0. The van der Waals surface area contributed by atoms with Gasteiger partial charge in [0.25, 0.3) is 0 Å². The van der Waals surface area contributed by atoms with E-state index in [9.17, 15) is 0 Å². The highest BCUT2D eigenvalue weighted by atomic mass is 16.5. The summed E-state index contributed by atoms with van der Waals surface area (Å²) >= 11 is 0. The third-order valence-corrected chi connectivity index (χ3v) is 3.66. The van der Waals surface area contributed by atoms with Crippen LogP contribution in [0.15, 0.2) is 42.5 Å². The third-order valence-electron chi connectivity index (χ3n) is 3.66. The number of benzene rings is 2. The molecule has 0 saturated heterocycles. The van der Waals surface area contributed by atoms with Crippen molar-refractivity contribution in [1.82, 2.24) is 0 Å². The quantitative estimate of drug-likeness (QED) is 0.906. The molecular formula is C17H21NO. The van der Waals surface area contributed by atoms with Gasteiger partial charge in [0.1, 0.15) is 5.75 Å². The predicted molar refractivity (Wildman–Crippen MR) is 79.5 cm³/mol. The second kappa shape index (κ2) is 5.89. The fourth-order valence-corrected chi connectivity index (χ4v) is 2.30. The van der Waals surface area contributed by atoms with Crippen LogP contribution < -0.4 is 10.5 Å². The fraction of sp³-hybridized carbons (Fsp3) is 0.294. The number of ether oxygens (including phenoxy) is 1. The lowest BCUT2D eigenvalue weighted by atomic mass is 9.94. The molecule has 2 heteroatoms. The Bertz CT molecular complexity index is 546. The topological polar surface area (TPSA) is 35.2 Å². The molecule has 2 nitrogen and oxygen atoms in total. The average Bonchev–Trinajstić information content (AvgIpc) is 2.42. The first-order chi connectivity index (χ1) is 9.11. The second-order valence-corrected chi connectivity index (χ2v) is 4.95. The zero-order valence-electron chi connectivity index (χ0n) is 11.8. The van der Waals surface area contributed by atoms with Crippen molar-refractivity contribution in [1.29, 1.82) is 0 Å². The van der Waals surface area contributed by atoms with E-state index in [1.807, 2.05) is 12.1 Å². The zero-order valence-corrected chi connectivity index (χ0v) is 11.8. The molecule has 0 bridgehead atoms. The minimum absolute atomic E-state index is 0.0355. The molecule has 0 aromatic heterocycles. The molecule has 19 heavy (non-hydrogen) atoms. The fourth-order valence-electron chi connectivity index (χ4n) is 2.30. The number of methoxy groups -OCH3 is 1. The number of hydrogen-bond donors (Lipinski definition) is 1. The Kier molecular flexibility index (Phi) is 4.23. The molecule has 2 aromatic rings. The van der Waals surface area contributed by atoms with Crippen molar-refractivity contribution >= 4 is 0 Å². The molecule has 0 spiro atoms. The van der Waals surface area contributed by atoms with Crippen molar-refractivity contribution in [2.24, 2.45) is 5.73 Å². The van der Waals surface area contributed by atoms with Gasteiger partial charge in [-0.05, 0) is 54.7 Å². The minimum Gasteiger partial charge on any atom is -0.497 e. The van der Waals surface area contributed by atoms with Gasteiger partial charge in [-0.15, -0.1) is 0 Å². The van der Waals surface area contributed by atoms with Crippen molar-refractivity contribution in [2.45, 2.75) is 26.3 Å². The largest absolute Gasteiger partial charge is 0.497 e. The van der Waals surface area contributed by atoms with Gasteiger partial charge in [-0.3, -0.25) is 0 Å². The van der Waals surface area contributed by atoms with Gasteiger partial charge in [-0.2, -0.15) is 0 Å². The van der Waals surface area contributed by atoms with Crippen LogP contribution in [0.4, 0.5) is 0 Å². The highest BCUT2D eigenvalue weighted by molar-refractivity contribution is 5.36. The molecule has 2 rings (SSSR count). The van der Waals surface area contributed by atoms with Crippen LogP contribution in [-0.4, -0.2) is 7.11 Å². The van der Waals surface area contributed by atoms with Crippen LogP contribution in [0.3, 0.4) is 0 Å². The number of aryl methyl sites for hydroxylation is 1. The Morgan fingerprint density at radius 3 is 2.37 bits per heavy atom. The zero-order chi connectivity index (χ0) is 13.8. The molecule has 2 aromatic carbocycles. The van der Waals surface area contributed by atoms with E-state index < -0.39 is 0 Å². The summed E-state index contributed by atoms with van der Waals surface area (Å²) in [7, 11) is 1.68. The van der Waals surface area contributed by atoms with Crippen LogP contribution in [0.25, 0.3) is 0 Å². The lowest BCUT2D eigenvalue weighted by Gasteiger charge is -2.16. The SMILES string of the molecule is COc1ccc(CC(N)c2cccc(C)c2C)cc1. The highest BCUT2D eigenvalue weighted by Gasteiger charge is 2.10. The van der Waals surface area contributed by atoms with Crippen molar-refractivity contribution < 1.29 is 4.74 Å². The van der Waals surface area contributed by atoms with Crippen LogP contribution >= 0.6 is 0 Å². The molecule has 1 atom stereocenters. The Balaban J connectivity index is 2.15. The molecule has 0 amide bonds. The van der Waals surface area contributed by atoms with Gasteiger partial charge in [0, 0.05) is 6.04 Å². The van der Waals surface area contributed by atoms with E-state index >= 15 is 0 Å². The molecule has 2 N–H and O–H groups in total. The van der Waals surface area contributed by atoms with E-state index in [1.165, 1.54) is 22.3 Å². The van der Waals surface area contributed by atoms with Crippen LogP contribution in [0.1, 0.15) is 28.3 Å². The Hall–Kier alpha value is -1.80. The molecular weight excluding hydrogens is 234 g/mol. The van der Waals surface area contributed by atoms with E-state index in [4.69, 9.17) is 10.5 Å². The van der Waals surface area contributed by atoms with E-state index in [1.54, 1.807) is 7.11 Å². The van der Waals surface area contributed by atoms with Crippen LogP contribution in [0.2, 0.25) is 0 Å². The normalized spacial score (nSPS) is 12.2. The van der Waals surface area contributed by atoms with Gasteiger partial charge in [0.05, 0.1) is 7.11 Å². The smallest absolute Gasteiger partial charge is 0.118 e. The highest BCUT2D eigenvalue weighted by Crippen LogP contribution is 2.22. The van der Waals surface area contributed by atoms with Crippen LogP contribution in [0.5, 0.6) is 5.75 Å². The second-order valence-electron chi connectivity index (χ2n) is 4.95. The van der Waals surface area contributed by atoms with E-state index in [2.05, 4.69) is 44.2 Å². The lowest BCUT2D eigenvalue weighted by molar-refractivity contribution is 0.414. The van der Waals surface area contributed by atoms with Gasteiger partial charge < -0.3 is 10.5 Å². The van der Waals surface area contributed by atoms with Gasteiger partial charge in [-0.1, -0.05) is 30.3 Å². The first-order valence-corrected chi connectivity index (χ1v) is 6.56. The van der Waals surface area contributed by atoms with Gasteiger partial charge >= 0.3 is 0 Å². The summed E-state index contributed by atoms with van der Waals surface area (Å²) in [5.41, 5.74) is 11.4. The first kappa shape index (κ1) is 13.6. The predicted octanol–water partition coefficient (Wildman–Crippen LogP) is 3.55. The number of nitrogens with two attached hydrogens (primary N) is 1. The molecule has 0 aliphatic carbocycles. The molecule has 0 aliphatic rings. The number of rotatable bonds is 4. The van der Waals surface area contributed by atoms with Crippen molar-refractivity contribution in [3.63, 3.8) is 0 Å². The van der Waals surface area contributed by atoms with Crippen molar-refractivity contribution in [2.75, 3.05) is 7.11 Å². The van der Waals surface area contributed by atoms with E-state index in [0.29, 0.717) is 0 Å². The Labute approximate surface area is 115 Å². The molecule has 0 heterocycles. The summed E-state index contributed by atoms with van der Waals surface area (Å²) in [6.45, 7) is 4.26. The van der Waals surface area contributed by atoms with Gasteiger partial charge in [0.2, 0.25) is 0 Å². The average molecular weight is 255 g/mol. The Morgan fingerprint density at radius 2 is 1.74 bits per heavy atom. The van der Waals surface area contributed by atoms with E-state index in [-0.39, 0.29) is 6.04 Å². The maximum absolute atomic E-state index is 6.34. The summed E-state index contributed by atoms with van der Waals surface area (Å²) < 4.78 is 5.16. The molecule has 0 aliphatic heterocycles. The molecule has 1 unspecified atom stereocenters. The maximum Gasteiger partial charge on any atom is 0.118 e. The molecule has 0 radical (unpaired) electrons. The van der Waals surface area contributed by atoms with Crippen LogP contribution in [0, 0.1) is 13.8 Å². The van der Waals surface area contributed by atoms with Crippen LogP contribution in [-0.2, 0) is 6.42 Å². The molecule has 100 valence electrons. The molecule has 0 saturated carbocycles. The van der Waals surface area contributed by atoms with E-state index in [0.717, 1.165) is 12.2 Å². The summed E-state index contributed by atoms with van der Waals surface area (Å²) in [5.74, 6) is 0.879. The van der Waals surface area contributed by atoms with Gasteiger partial charge in [-0.25, -0.2) is 0 Å². The standard InChI is InChI=1S/C17H21NO/c1-12-5-4-6-16(13(12)2)17(18)11-14-7-9-15(19-3)10-8-14/h4-10,17H,11,18H2,1-3H3. The monoisotopic (exact) mass is 255 g/mol. The summed E-state index contributed by atoms with van der Waals surface area (Å²) in [6.07, 6.45) is 0.842. The van der Waals surface area contributed by atoms with Crippen molar-refractivity contribution in [3.8, 4) is 5.75 Å². The number of hydrogen-bond acceptors (Lipinski definition) is 2. The molecule has 0 fully saturated rings. The third kappa shape index (κ3) is 3.15. The van der Waals surface area contributed by atoms with Gasteiger partial charge in [0.15, 0.2) is 0 Å². The maximum atomic E-state index is 6.34. The summed E-state index contributed by atoms with van der Waals surface area (Å²) in [6, 6.07) is 14.5. The summed E-state index contributed by atoms with van der Waals surface area (Å²) in [5, 5.41) is 0. The lowest BCUT2D eigenvalue weighted by Crippen LogP contribution is -2.15.